The van der Waals surface area contributed by atoms with Crippen LogP contribution in [-0.4, -0.2) is 25.4 Å². The lowest BCUT2D eigenvalue weighted by atomic mass is 10.0. The molecular formula is C24H24ClNO4. The van der Waals surface area contributed by atoms with E-state index in [2.05, 4.69) is 5.32 Å². The van der Waals surface area contributed by atoms with Crippen molar-refractivity contribution in [3.63, 3.8) is 0 Å². The van der Waals surface area contributed by atoms with Gasteiger partial charge in [-0.3, -0.25) is 4.79 Å². The van der Waals surface area contributed by atoms with Gasteiger partial charge in [-0.2, -0.15) is 0 Å². The first-order chi connectivity index (χ1) is 14.7. The number of rotatable bonds is 6. The Morgan fingerprint density at radius 2 is 1.90 bits per heavy atom. The number of amides is 1. The number of fused-ring (bicyclic) bond motifs is 1. The summed E-state index contributed by atoms with van der Waals surface area (Å²) in [5.41, 5.74) is 0.918. The molecule has 6 heteroatoms. The molecule has 1 amide bonds. The maximum absolute atomic E-state index is 13.3. The van der Waals surface area contributed by atoms with Crippen LogP contribution in [0.15, 0.2) is 54.6 Å². The average molecular weight is 426 g/mol. The Morgan fingerprint density at radius 3 is 2.63 bits per heavy atom. The normalized spacial score (nSPS) is 16.3. The summed E-state index contributed by atoms with van der Waals surface area (Å²) in [6.45, 7) is 3.06. The fourth-order valence-electron chi connectivity index (χ4n) is 3.57. The predicted molar refractivity (Wildman–Crippen MR) is 119 cm³/mol. The quantitative estimate of drug-likeness (QED) is 0.522. The summed E-state index contributed by atoms with van der Waals surface area (Å²) in [6, 6.07) is 16.6. The molecule has 0 bridgehead atoms. The van der Waals surface area contributed by atoms with Crippen LogP contribution in [-0.2, 0) is 4.74 Å². The van der Waals surface area contributed by atoms with Gasteiger partial charge in [0.1, 0.15) is 11.5 Å². The molecule has 1 aliphatic rings. The molecule has 4 rings (SSSR count). The molecule has 0 spiro atoms. The van der Waals surface area contributed by atoms with Crippen LogP contribution in [0.3, 0.4) is 0 Å². The molecule has 0 aromatic heterocycles. The minimum atomic E-state index is -0.382. The molecule has 0 aliphatic carbocycles. The molecule has 0 saturated carbocycles. The first kappa shape index (κ1) is 20.5. The van der Waals surface area contributed by atoms with E-state index in [0.29, 0.717) is 41.0 Å². The van der Waals surface area contributed by atoms with Crippen LogP contribution in [0.1, 0.15) is 36.5 Å². The number of hydrogen-bond acceptors (Lipinski definition) is 4. The van der Waals surface area contributed by atoms with Crippen molar-refractivity contribution in [2.45, 2.75) is 32.5 Å². The molecule has 1 heterocycles. The summed E-state index contributed by atoms with van der Waals surface area (Å²) in [5, 5.41) is 5.05. The summed E-state index contributed by atoms with van der Waals surface area (Å²) in [4.78, 5) is 13.3. The SMILES string of the molecule is CCOc1cc(C(=O)Nc2ccccc2Cl)c(OC2CCCCO2)c2ccccc12. The van der Waals surface area contributed by atoms with E-state index in [1.165, 1.54) is 0 Å². The van der Waals surface area contributed by atoms with Crippen molar-refractivity contribution in [1.29, 1.82) is 0 Å². The van der Waals surface area contributed by atoms with Crippen molar-refractivity contribution in [2.75, 3.05) is 18.5 Å². The zero-order chi connectivity index (χ0) is 20.9. The molecule has 1 saturated heterocycles. The van der Waals surface area contributed by atoms with E-state index in [9.17, 15) is 4.79 Å². The first-order valence-electron chi connectivity index (χ1n) is 10.2. The Hall–Kier alpha value is -2.76. The lowest BCUT2D eigenvalue weighted by Crippen LogP contribution is -2.26. The number of ether oxygens (including phenoxy) is 3. The maximum Gasteiger partial charge on any atom is 0.259 e. The van der Waals surface area contributed by atoms with E-state index in [0.717, 1.165) is 30.0 Å². The average Bonchev–Trinajstić information content (AvgIpc) is 2.77. The number of para-hydroxylation sites is 1. The third kappa shape index (κ3) is 4.37. The summed E-state index contributed by atoms with van der Waals surface area (Å²) >= 11 is 6.24. The van der Waals surface area contributed by atoms with E-state index in [1.54, 1.807) is 18.2 Å². The number of hydrogen-bond donors (Lipinski definition) is 1. The Labute approximate surface area is 180 Å². The molecule has 1 N–H and O–H groups in total. The summed E-state index contributed by atoms with van der Waals surface area (Å²) in [7, 11) is 0. The molecule has 3 aromatic rings. The Kier molecular flexibility index (Phi) is 6.41. The van der Waals surface area contributed by atoms with Crippen LogP contribution >= 0.6 is 11.6 Å². The Balaban J connectivity index is 1.79. The lowest BCUT2D eigenvalue weighted by Gasteiger charge is -2.26. The maximum atomic E-state index is 13.3. The highest BCUT2D eigenvalue weighted by atomic mass is 35.5. The molecule has 1 atom stereocenters. The number of anilines is 1. The second kappa shape index (κ2) is 9.37. The largest absolute Gasteiger partial charge is 0.493 e. The number of nitrogens with one attached hydrogen (secondary N) is 1. The number of carbonyl (C=O) groups is 1. The van der Waals surface area contributed by atoms with Gasteiger partial charge in [0.25, 0.3) is 5.91 Å². The minimum Gasteiger partial charge on any atom is -0.493 e. The van der Waals surface area contributed by atoms with Gasteiger partial charge in [0, 0.05) is 17.2 Å². The highest BCUT2D eigenvalue weighted by Gasteiger charge is 2.24. The molecule has 5 nitrogen and oxygen atoms in total. The van der Waals surface area contributed by atoms with Gasteiger partial charge in [-0.05, 0) is 38.0 Å². The summed E-state index contributed by atoms with van der Waals surface area (Å²) in [6.07, 6.45) is 2.45. The zero-order valence-corrected chi connectivity index (χ0v) is 17.6. The third-order valence-corrected chi connectivity index (χ3v) is 5.34. The second-order valence-electron chi connectivity index (χ2n) is 7.08. The van der Waals surface area contributed by atoms with E-state index >= 15 is 0 Å². The van der Waals surface area contributed by atoms with Crippen molar-refractivity contribution >= 4 is 34.0 Å². The van der Waals surface area contributed by atoms with E-state index in [4.69, 9.17) is 25.8 Å². The molecule has 1 fully saturated rings. The highest BCUT2D eigenvalue weighted by Crippen LogP contribution is 2.39. The van der Waals surface area contributed by atoms with Crippen molar-refractivity contribution in [3.05, 3.63) is 65.2 Å². The van der Waals surface area contributed by atoms with E-state index in [-0.39, 0.29) is 12.2 Å². The fourth-order valence-corrected chi connectivity index (χ4v) is 3.76. The minimum absolute atomic E-state index is 0.319. The third-order valence-electron chi connectivity index (χ3n) is 5.01. The van der Waals surface area contributed by atoms with Crippen LogP contribution < -0.4 is 14.8 Å². The topological polar surface area (TPSA) is 56.8 Å². The van der Waals surface area contributed by atoms with Gasteiger partial charge in [-0.25, -0.2) is 0 Å². The number of carbonyl (C=O) groups excluding carboxylic acids is 1. The van der Waals surface area contributed by atoms with Crippen LogP contribution in [0.2, 0.25) is 5.02 Å². The van der Waals surface area contributed by atoms with Gasteiger partial charge in [0.05, 0.1) is 29.5 Å². The molecule has 3 aromatic carbocycles. The van der Waals surface area contributed by atoms with Crippen LogP contribution in [0, 0.1) is 0 Å². The lowest BCUT2D eigenvalue weighted by molar-refractivity contribution is -0.105. The Bertz CT molecular complexity index is 1050. The van der Waals surface area contributed by atoms with Crippen molar-refractivity contribution in [1.82, 2.24) is 0 Å². The first-order valence-corrected chi connectivity index (χ1v) is 10.6. The number of halogens is 1. The zero-order valence-electron chi connectivity index (χ0n) is 16.8. The van der Waals surface area contributed by atoms with Crippen molar-refractivity contribution in [2.24, 2.45) is 0 Å². The molecular weight excluding hydrogens is 402 g/mol. The fraction of sp³-hybridized carbons (Fsp3) is 0.292. The molecule has 30 heavy (non-hydrogen) atoms. The molecule has 1 unspecified atom stereocenters. The monoisotopic (exact) mass is 425 g/mol. The summed E-state index contributed by atoms with van der Waals surface area (Å²) in [5.74, 6) is 0.806. The van der Waals surface area contributed by atoms with Crippen LogP contribution in [0.4, 0.5) is 5.69 Å². The van der Waals surface area contributed by atoms with Crippen molar-refractivity contribution < 1.29 is 19.0 Å². The van der Waals surface area contributed by atoms with Crippen molar-refractivity contribution in [3.8, 4) is 11.5 Å². The molecule has 156 valence electrons. The van der Waals surface area contributed by atoms with E-state index < -0.39 is 0 Å². The van der Waals surface area contributed by atoms with Gasteiger partial charge in [-0.1, -0.05) is 48.0 Å². The van der Waals surface area contributed by atoms with Gasteiger partial charge in [-0.15, -0.1) is 0 Å². The molecule has 0 radical (unpaired) electrons. The predicted octanol–water partition coefficient (Wildman–Crippen LogP) is 6.05. The van der Waals surface area contributed by atoms with Gasteiger partial charge >= 0.3 is 0 Å². The molecule has 1 aliphatic heterocycles. The van der Waals surface area contributed by atoms with Gasteiger partial charge in [0.2, 0.25) is 0 Å². The van der Waals surface area contributed by atoms with Gasteiger partial charge in [0.15, 0.2) is 6.29 Å². The Morgan fingerprint density at radius 1 is 1.13 bits per heavy atom. The number of benzene rings is 3. The van der Waals surface area contributed by atoms with Crippen LogP contribution in [0.5, 0.6) is 11.5 Å². The highest BCUT2D eigenvalue weighted by molar-refractivity contribution is 6.34. The van der Waals surface area contributed by atoms with Gasteiger partial charge < -0.3 is 19.5 Å². The second-order valence-corrected chi connectivity index (χ2v) is 7.49. The summed E-state index contributed by atoms with van der Waals surface area (Å²) < 4.78 is 17.9. The smallest absolute Gasteiger partial charge is 0.259 e. The van der Waals surface area contributed by atoms with Crippen LogP contribution in [0.25, 0.3) is 10.8 Å². The van der Waals surface area contributed by atoms with E-state index in [1.807, 2.05) is 43.3 Å². The standard InChI is InChI=1S/C24H24ClNO4/c1-2-28-21-15-18(24(27)26-20-12-6-5-11-19(20)25)23(17-10-4-3-9-16(17)21)30-22-13-7-8-14-29-22/h3-6,9-12,15,22H,2,7-8,13-14H2,1H3,(H,26,27).